The Morgan fingerprint density at radius 3 is 2.92 bits per heavy atom. The van der Waals surface area contributed by atoms with Gasteiger partial charge in [-0.2, -0.15) is 18.6 Å². The van der Waals surface area contributed by atoms with Gasteiger partial charge in [-0.3, -0.25) is 5.32 Å². The van der Waals surface area contributed by atoms with E-state index < -0.39 is 18.5 Å². The Hall–Kier alpha value is -2.79. The van der Waals surface area contributed by atoms with Gasteiger partial charge in [0.2, 0.25) is 11.6 Å². The van der Waals surface area contributed by atoms with Gasteiger partial charge in [0.05, 0.1) is 7.05 Å². The predicted molar refractivity (Wildman–Crippen MR) is 82.6 cm³/mol. The van der Waals surface area contributed by atoms with Gasteiger partial charge in [-0.1, -0.05) is 17.3 Å². The Morgan fingerprint density at radius 1 is 1.38 bits per heavy atom. The number of rotatable bonds is 5. The summed E-state index contributed by atoms with van der Waals surface area (Å²) in [4.78, 5) is 4.98. The van der Waals surface area contributed by atoms with Crippen LogP contribution in [0.3, 0.4) is 0 Å². The van der Waals surface area contributed by atoms with Crippen molar-refractivity contribution >= 4 is 0 Å². The van der Waals surface area contributed by atoms with Crippen LogP contribution in [0.1, 0.15) is 48.0 Å². The van der Waals surface area contributed by atoms with E-state index in [0.717, 1.165) is 24.0 Å². The number of aromatic nitrogens is 6. The zero-order valence-corrected chi connectivity index (χ0v) is 13.7. The van der Waals surface area contributed by atoms with Crippen LogP contribution in [-0.4, -0.2) is 35.5 Å². The Bertz CT molecular complexity index is 926. The van der Waals surface area contributed by atoms with Crippen molar-refractivity contribution in [3.63, 3.8) is 0 Å². The molecular formula is C15H15F2N7O2. The summed E-state index contributed by atoms with van der Waals surface area (Å²) in [6, 6.07) is 5.38. The number of aliphatic hydroxyl groups is 1. The molecular weight excluding hydrogens is 348 g/mol. The maximum absolute atomic E-state index is 12.6. The van der Waals surface area contributed by atoms with E-state index in [1.54, 1.807) is 13.1 Å². The van der Waals surface area contributed by atoms with Gasteiger partial charge in [-0.25, -0.2) is 0 Å². The lowest BCUT2D eigenvalue weighted by molar-refractivity contribution is 0.106. The minimum Gasteiger partial charge on any atom is -0.371 e. The molecule has 0 aliphatic heterocycles. The minimum absolute atomic E-state index is 0.0836. The molecule has 9 nitrogen and oxygen atoms in total. The fraction of sp³-hybridized carbons (Fsp3) is 0.400. The molecule has 26 heavy (non-hydrogen) atoms. The first-order chi connectivity index (χ1) is 12.5. The van der Waals surface area contributed by atoms with Crippen LogP contribution in [0.2, 0.25) is 0 Å². The van der Waals surface area contributed by atoms with E-state index in [2.05, 4.69) is 35.4 Å². The van der Waals surface area contributed by atoms with Gasteiger partial charge in [0.25, 0.3) is 5.89 Å². The maximum atomic E-state index is 12.6. The third-order valence-electron chi connectivity index (χ3n) is 4.23. The van der Waals surface area contributed by atoms with Crippen molar-refractivity contribution in [2.75, 3.05) is 0 Å². The largest absolute Gasteiger partial charge is 0.371 e. The molecule has 4 rings (SSSR count). The second-order valence-corrected chi connectivity index (χ2v) is 5.97. The normalized spacial score (nSPS) is 17.7. The van der Waals surface area contributed by atoms with Crippen LogP contribution < -0.4 is 5.32 Å². The Labute approximate surface area is 146 Å². The quantitative estimate of drug-likeness (QED) is 0.655. The van der Waals surface area contributed by atoms with Gasteiger partial charge in [0, 0.05) is 11.6 Å². The summed E-state index contributed by atoms with van der Waals surface area (Å²) >= 11 is 0. The predicted octanol–water partition coefficient (Wildman–Crippen LogP) is 1.47. The zero-order valence-electron chi connectivity index (χ0n) is 13.7. The number of fused-ring (bicyclic) bond motifs is 1. The van der Waals surface area contributed by atoms with E-state index >= 15 is 0 Å². The maximum Gasteiger partial charge on any atom is 0.315 e. The SMILES string of the molecule is Cn1nnc(C(O)N[C@@H]2CCc3cc(-c4noc(C(F)F)n4)ccc32)n1. The van der Waals surface area contributed by atoms with Crippen LogP contribution in [0, 0.1) is 0 Å². The number of benzene rings is 1. The topological polar surface area (TPSA) is 115 Å². The van der Waals surface area contributed by atoms with Crippen LogP contribution in [0.25, 0.3) is 11.4 Å². The van der Waals surface area contributed by atoms with E-state index in [0.29, 0.717) is 5.56 Å². The fourth-order valence-corrected chi connectivity index (χ4v) is 3.04. The number of nitrogens with one attached hydrogen (secondary N) is 1. The van der Waals surface area contributed by atoms with Crippen LogP contribution in [-0.2, 0) is 13.5 Å². The summed E-state index contributed by atoms with van der Waals surface area (Å²) in [5, 5.41) is 28.3. The summed E-state index contributed by atoms with van der Waals surface area (Å²) in [5.74, 6) is -0.369. The van der Waals surface area contributed by atoms with Crippen LogP contribution in [0.5, 0.6) is 0 Å². The molecule has 2 heterocycles. The van der Waals surface area contributed by atoms with Crippen molar-refractivity contribution < 1.29 is 18.4 Å². The summed E-state index contributed by atoms with van der Waals surface area (Å²) in [7, 11) is 1.62. The molecule has 1 aliphatic rings. The zero-order chi connectivity index (χ0) is 18.3. The highest BCUT2D eigenvalue weighted by Crippen LogP contribution is 2.35. The van der Waals surface area contributed by atoms with Crippen molar-refractivity contribution in [2.24, 2.45) is 7.05 Å². The van der Waals surface area contributed by atoms with Gasteiger partial charge in [0.15, 0.2) is 6.23 Å². The monoisotopic (exact) mass is 363 g/mol. The lowest BCUT2D eigenvalue weighted by Crippen LogP contribution is -2.26. The molecule has 136 valence electrons. The summed E-state index contributed by atoms with van der Waals surface area (Å²) < 4.78 is 29.7. The molecule has 0 radical (unpaired) electrons. The highest BCUT2D eigenvalue weighted by Gasteiger charge is 2.27. The van der Waals surface area contributed by atoms with Gasteiger partial charge < -0.3 is 9.63 Å². The van der Waals surface area contributed by atoms with E-state index in [-0.39, 0.29) is 17.7 Å². The van der Waals surface area contributed by atoms with E-state index in [1.807, 2.05) is 12.1 Å². The van der Waals surface area contributed by atoms with Crippen molar-refractivity contribution in [3.05, 3.63) is 41.0 Å². The molecule has 1 aromatic carbocycles. The van der Waals surface area contributed by atoms with Crippen molar-refractivity contribution in [1.82, 2.24) is 35.7 Å². The molecule has 0 fully saturated rings. The number of hydrogen-bond acceptors (Lipinski definition) is 8. The number of aryl methyl sites for hydroxylation is 2. The molecule has 1 unspecified atom stereocenters. The second-order valence-electron chi connectivity index (χ2n) is 5.97. The lowest BCUT2D eigenvalue weighted by Gasteiger charge is -2.17. The summed E-state index contributed by atoms with van der Waals surface area (Å²) in [6.45, 7) is 0. The molecule has 2 N–H and O–H groups in total. The van der Waals surface area contributed by atoms with Crippen molar-refractivity contribution in [2.45, 2.75) is 31.5 Å². The lowest BCUT2D eigenvalue weighted by atomic mass is 10.0. The molecule has 11 heteroatoms. The second kappa shape index (κ2) is 6.50. The smallest absolute Gasteiger partial charge is 0.315 e. The molecule has 1 aliphatic carbocycles. The molecule has 0 spiro atoms. The highest BCUT2D eigenvalue weighted by atomic mass is 19.3. The molecule has 3 aromatic rings. The Balaban J connectivity index is 1.52. The van der Waals surface area contributed by atoms with Gasteiger partial charge in [0.1, 0.15) is 0 Å². The molecule has 0 saturated carbocycles. The number of nitrogens with zero attached hydrogens (tertiary/aromatic N) is 6. The van der Waals surface area contributed by atoms with Crippen LogP contribution in [0.4, 0.5) is 8.78 Å². The highest BCUT2D eigenvalue weighted by molar-refractivity contribution is 5.58. The first-order valence-electron chi connectivity index (χ1n) is 7.94. The standard InChI is InChI=1S/C15H15F2N7O2/c1-24-21-13(20-23-24)14(25)18-10-5-3-7-6-8(2-4-9(7)10)12-19-15(11(16)17)26-22-12/h2,4,6,10-11,14,18,25H,3,5H2,1H3/t10-,14?/m1/s1. The van der Waals surface area contributed by atoms with Crippen LogP contribution in [0.15, 0.2) is 22.7 Å². The van der Waals surface area contributed by atoms with E-state index in [9.17, 15) is 13.9 Å². The number of aliphatic hydroxyl groups excluding tert-OH is 1. The van der Waals surface area contributed by atoms with Gasteiger partial charge in [-0.15, -0.1) is 10.2 Å². The van der Waals surface area contributed by atoms with Crippen molar-refractivity contribution in [1.29, 1.82) is 0 Å². The van der Waals surface area contributed by atoms with Gasteiger partial charge >= 0.3 is 6.43 Å². The molecule has 0 saturated heterocycles. The Morgan fingerprint density at radius 2 is 2.23 bits per heavy atom. The van der Waals surface area contributed by atoms with E-state index in [4.69, 9.17) is 0 Å². The molecule has 0 amide bonds. The summed E-state index contributed by atoms with van der Waals surface area (Å²) in [6.07, 6.45) is -2.30. The third-order valence-corrected chi connectivity index (χ3v) is 4.23. The average molecular weight is 363 g/mol. The minimum atomic E-state index is -2.80. The molecule has 0 bridgehead atoms. The number of alkyl halides is 2. The average Bonchev–Trinajstić information content (AvgIpc) is 3.34. The molecule has 2 atom stereocenters. The molecule has 2 aromatic heterocycles. The van der Waals surface area contributed by atoms with Crippen LogP contribution >= 0.6 is 0 Å². The number of tetrazole rings is 1. The van der Waals surface area contributed by atoms with Gasteiger partial charge in [-0.05, 0) is 35.2 Å². The first-order valence-corrected chi connectivity index (χ1v) is 7.94. The van der Waals surface area contributed by atoms with E-state index in [1.165, 1.54) is 4.80 Å². The summed E-state index contributed by atoms with van der Waals surface area (Å²) in [5.41, 5.74) is 2.65. The van der Waals surface area contributed by atoms with Crippen molar-refractivity contribution in [3.8, 4) is 11.4 Å². The third kappa shape index (κ3) is 3.06. The number of halogens is 2. The first kappa shape index (κ1) is 16.7. The Kier molecular flexibility index (Phi) is 4.17. The fourth-order valence-electron chi connectivity index (χ4n) is 3.04. The number of hydrogen-bond donors (Lipinski definition) is 2.